The average molecular weight is 565 g/mol. The van der Waals surface area contributed by atoms with Crippen molar-refractivity contribution in [3.05, 3.63) is 53.6 Å². The summed E-state index contributed by atoms with van der Waals surface area (Å²) in [6.45, 7) is 4.37. The first-order valence-electron chi connectivity index (χ1n) is 11.3. The van der Waals surface area contributed by atoms with Crippen LogP contribution in [-0.2, 0) is 31.5 Å². The predicted molar refractivity (Wildman–Crippen MR) is 130 cm³/mol. The Kier molecular flexibility index (Phi) is 7.59. The van der Waals surface area contributed by atoms with Gasteiger partial charge in [0.25, 0.3) is 0 Å². The molecule has 0 aliphatic carbocycles. The SMILES string of the molecule is CCCS(=O)(=O)c1cc2cc(CC(O)(CC(C)(C)c3ccc(F)cc3S(C)(=O)=O)C(F)(F)F)[nH]c2cn1. The molecule has 7 nitrogen and oxygen atoms in total. The number of aromatic amines is 1. The van der Waals surface area contributed by atoms with E-state index in [0.717, 1.165) is 24.5 Å². The topological polar surface area (TPSA) is 117 Å². The smallest absolute Gasteiger partial charge is 0.380 e. The summed E-state index contributed by atoms with van der Waals surface area (Å²) in [5.41, 5.74) is -4.67. The van der Waals surface area contributed by atoms with Crippen LogP contribution in [0, 0.1) is 5.82 Å². The van der Waals surface area contributed by atoms with Gasteiger partial charge in [0, 0.05) is 23.8 Å². The van der Waals surface area contributed by atoms with E-state index in [1.54, 1.807) is 6.92 Å². The molecule has 0 saturated carbocycles. The van der Waals surface area contributed by atoms with E-state index in [-0.39, 0.29) is 27.6 Å². The van der Waals surface area contributed by atoms with E-state index < -0.39 is 60.4 Å². The number of nitrogens with zero attached hydrogens (tertiary/aromatic N) is 1. The zero-order chi connectivity index (χ0) is 28.0. The highest BCUT2D eigenvalue weighted by molar-refractivity contribution is 7.91. The first-order valence-corrected chi connectivity index (χ1v) is 14.8. The Morgan fingerprint density at radius 1 is 1.05 bits per heavy atom. The van der Waals surface area contributed by atoms with Gasteiger partial charge in [-0.15, -0.1) is 0 Å². The summed E-state index contributed by atoms with van der Waals surface area (Å²) in [4.78, 5) is 6.18. The van der Waals surface area contributed by atoms with Crippen LogP contribution < -0.4 is 0 Å². The van der Waals surface area contributed by atoms with Crippen LogP contribution in [0.15, 0.2) is 46.5 Å². The summed E-state index contributed by atoms with van der Waals surface area (Å²) in [6, 6.07) is 5.37. The maximum absolute atomic E-state index is 14.3. The van der Waals surface area contributed by atoms with Gasteiger partial charge >= 0.3 is 6.18 Å². The second kappa shape index (κ2) is 9.66. The van der Waals surface area contributed by atoms with Gasteiger partial charge in [0.15, 0.2) is 30.3 Å². The molecule has 0 aliphatic rings. The molecule has 3 aromatic rings. The second-order valence-electron chi connectivity index (χ2n) is 9.90. The van der Waals surface area contributed by atoms with E-state index in [4.69, 9.17) is 0 Å². The lowest BCUT2D eigenvalue weighted by molar-refractivity contribution is -0.266. The number of rotatable bonds is 9. The first-order chi connectivity index (χ1) is 16.8. The Hall–Kier alpha value is -2.51. The van der Waals surface area contributed by atoms with E-state index in [9.17, 15) is 39.5 Å². The highest BCUT2D eigenvalue weighted by Crippen LogP contribution is 2.44. The number of hydrogen-bond acceptors (Lipinski definition) is 6. The van der Waals surface area contributed by atoms with Crippen molar-refractivity contribution >= 4 is 30.6 Å². The molecule has 0 aliphatic heterocycles. The summed E-state index contributed by atoms with van der Waals surface area (Å²) < 4.78 is 106. The van der Waals surface area contributed by atoms with E-state index >= 15 is 0 Å². The number of nitrogens with one attached hydrogen (secondary N) is 1. The number of pyridine rings is 1. The van der Waals surface area contributed by atoms with Crippen molar-refractivity contribution in [2.75, 3.05) is 12.0 Å². The van der Waals surface area contributed by atoms with Gasteiger partial charge in [-0.1, -0.05) is 26.8 Å². The molecule has 3 rings (SSSR count). The number of aliphatic hydroxyl groups is 1. The van der Waals surface area contributed by atoms with Crippen molar-refractivity contribution in [1.29, 1.82) is 0 Å². The molecule has 0 radical (unpaired) electrons. The molecule has 204 valence electrons. The number of H-pyrrole nitrogens is 1. The zero-order valence-electron chi connectivity index (χ0n) is 20.6. The van der Waals surface area contributed by atoms with Gasteiger partial charge in [0.05, 0.1) is 22.4 Å². The molecule has 2 N–H and O–H groups in total. The summed E-state index contributed by atoms with van der Waals surface area (Å²) >= 11 is 0. The highest BCUT2D eigenvalue weighted by Gasteiger charge is 2.56. The molecule has 1 unspecified atom stereocenters. The number of sulfone groups is 2. The molecule has 0 amide bonds. The molecule has 1 aromatic carbocycles. The maximum Gasteiger partial charge on any atom is 0.417 e. The average Bonchev–Trinajstić information content (AvgIpc) is 3.12. The number of alkyl halides is 3. The fourth-order valence-electron chi connectivity index (χ4n) is 4.48. The van der Waals surface area contributed by atoms with E-state index in [2.05, 4.69) is 9.97 Å². The second-order valence-corrected chi connectivity index (χ2v) is 13.9. The Labute approximate surface area is 212 Å². The summed E-state index contributed by atoms with van der Waals surface area (Å²) in [7, 11) is -7.65. The number of hydrogen-bond donors (Lipinski definition) is 2. The largest absolute Gasteiger partial charge is 0.417 e. The van der Waals surface area contributed by atoms with Crippen LogP contribution in [0.1, 0.15) is 44.9 Å². The molecule has 0 bridgehead atoms. The van der Waals surface area contributed by atoms with Crippen molar-refractivity contribution in [2.24, 2.45) is 0 Å². The van der Waals surface area contributed by atoms with Crippen molar-refractivity contribution in [3.8, 4) is 0 Å². The van der Waals surface area contributed by atoms with Gasteiger partial charge in [-0.25, -0.2) is 26.2 Å². The molecule has 13 heteroatoms. The number of fused-ring (bicyclic) bond motifs is 1. The summed E-state index contributed by atoms with van der Waals surface area (Å²) in [6.07, 6.45) is -4.60. The third-order valence-corrected chi connectivity index (χ3v) is 9.09. The summed E-state index contributed by atoms with van der Waals surface area (Å²) in [5, 5.41) is 11.0. The van der Waals surface area contributed by atoms with Gasteiger partial charge in [-0.2, -0.15) is 13.2 Å². The lowest BCUT2D eigenvalue weighted by Crippen LogP contribution is -2.51. The minimum Gasteiger partial charge on any atom is -0.380 e. The van der Waals surface area contributed by atoms with Gasteiger partial charge < -0.3 is 10.1 Å². The quantitative estimate of drug-likeness (QED) is 0.370. The van der Waals surface area contributed by atoms with Crippen LogP contribution in [-0.4, -0.2) is 55.7 Å². The monoisotopic (exact) mass is 564 g/mol. The number of aromatic nitrogens is 2. The standard InChI is InChI=1S/C24H28F4N2O5S2/c1-5-8-37(34,35)21-10-15-9-17(30-19(15)13-29-21)12-23(31,24(26,27)28)14-22(2,3)18-7-6-16(25)11-20(18)36(4,32)33/h6-7,9-11,13,30-31H,5,8,12,14H2,1-4H3. The van der Waals surface area contributed by atoms with Crippen LogP contribution >= 0.6 is 0 Å². The summed E-state index contributed by atoms with van der Waals surface area (Å²) in [5.74, 6) is -0.997. The van der Waals surface area contributed by atoms with Crippen molar-refractivity contribution in [3.63, 3.8) is 0 Å². The normalized spacial score (nSPS) is 15.2. The Balaban J connectivity index is 2.03. The van der Waals surface area contributed by atoms with Gasteiger partial charge in [0.2, 0.25) is 0 Å². The van der Waals surface area contributed by atoms with E-state index in [1.807, 2.05) is 0 Å². The van der Waals surface area contributed by atoms with Crippen LogP contribution in [0.2, 0.25) is 0 Å². The third-order valence-electron chi connectivity index (χ3n) is 6.14. The third kappa shape index (κ3) is 6.15. The predicted octanol–water partition coefficient (Wildman–Crippen LogP) is 4.49. The molecule has 2 aromatic heterocycles. The highest BCUT2D eigenvalue weighted by atomic mass is 32.2. The van der Waals surface area contributed by atoms with Gasteiger partial charge in [0.1, 0.15) is 5.82 Å². The van der Waals surface area contributed by atoms with Crippen LogP contribution in [0.4, 0.5) is 17.6 Å². The fourth-order valence-corrected chi connectivity index (χ4v) is 6.81. The van der Waals surface area contributed by atoms with Gasteiger partial charge in [-0.05, 0) is 48.1 Å². The molecular weight excluding hydrogens is 536 g/mol. The van der Waals surface area contributed by atoms with Crippen molar-refractivity contribution in [2.45, 2.75) is 67.1 Å². The van der Waals surface area contributed by atoms with Crippen LogP contribution in [0.5, 0.6) is 0 Å². The van der Waals surface area contributed by atoms with Crippen molar-refractivity contribution < 1.29 is 39.5 Å². The first kappa shape index (κ1) is 29.1. The molecule has 0 saturated heterocycles. The molecule has 37 heavy (non-hydrogen) atoms. The van der Waals surface area contributed by atoms with E-state index in [0.29, 0.717) is 11.8 Å². The van der Waals surface area contributed by atoms with Crippen molar-refractivity contribution in [1.82, 2.24) is 9.97 Å². The molecule has 2 heterocycles. The van der Waals surface area contributed by atoms with E-state index in [1.165, 1.54) is 32.2 Å². The number of halogens is 4. The maximum atomic E-state index is 14.3. The fraction of sp³-hybridized carbons (Fsp3) is 0.458. The van der Waals surface area contributed by atoms with Crippen LogP contribution in [0.25, 0.3) is 10.9 Å². The lowest BCUT2D eigenvalue weighted by atomic mass is 9.73. The van der Waals surface area contributed by atoms with Crippen LogP contribution in [0.3, 0.4) is 0 Å². The molecule has 0 spiro atoms. The Morgan fingerprint density at radius 3 is 2.27 bits per heavy atom. The minimum absolute atomic E-state index is 0.0279. The molecular formula is C24H28F4N2O5S2. The minimum atomic E-state index is -5.12. The Bertz CT molecular complexity index is 1530. The zero-order valence-corrected chi connectivity index (χ0v) is 22.3. The lowest BCUT2D eigenvalue weighted by Gasteiger charge is -2.38. The Morgan fingerprint density at radius 2 is 1.70 bits per heavy atom. The number of benzene rings is 1. The van der Waals surface area contributed by atoms with Gasteiger partial charge in [-0.3, -0.25) is 0 Å². The molecule has 1 atom stereocenters. The molecule has 0 fully saturated rings.